The molecule has 1 aromatic rings. The van der Waals surface area contributed by atoms with E-state index in [1.165, 1.54) is 17.0 Å². The van der Waals surface area contributed by atoms with Gasteiger partial charge in [0.2, 0.25) is 0 Å². The van der Waals surface area contributed by atoms with E-state index in [1.807, 2.05) is 0 Å². The first-order valence-electron chi connectivity index (χ1n) is 8.14. The maximum Gasteiger partial charge on any atom is 0.0777 e. The zero-order chi connectivity index (χ0) is 14.5. The molecule has 0 bridgehead atoms. The third-order valence-electron chi connectivity index (χ3n) is 4.18. The van der Waals surface area contributed by atoms with Gasteiger partial charge in [0.05, 0.1) is 18.3 Å². The summed E-state index contributed by atoms with van der Waals surface area (Å²) in [6, 6.07) is 0.818. The molecule has 0 aromatic carbocycles. The van der Waals surface area contributed by atoms with Crippen molar-refractivity contribution in [3.63, 3.8) is 0 Å². The molecule has 0 radical (unpaired) electrons. The van der Waals surface area contributed by atoms with Crippen molar-refractivity contribution >= 4 is 0 Å². The molecular weight excluding hydrogens is 250 g/mol. The number of rotatable bonds is 7. The van der Waals surface area contributed by atoms with Gasteiger partial charge >= 0.3 is 0 Å². The lowest BCUT2D eigenvalue weighted by molar-refractivity contribution is 0.184. The fourth-order valence-electron chi connectivity index (χ4n) is 3.13. The lowest BCUT2D eigenvalue weighted by atomic mass is 10.0. The second-order valence-electron chi connectivity index (χ2n) is 5.65. The lowest BCUT2D eigenvalue weighted by Gasteiger charge is -2.17. The van der Waals surface area contributed by atoms with E-state index in [0.717, 1.165) is 45.4 Å². The third-order valence-corrected chi connectivity index (χ3v) is 4.18. The number of ether oxygens (including phenoxy) is 1. The minimum atomic E-state index is 0.385. The van der Waals surface area contributed by atoms with Gasteiger partial charge in [0.1, 0.15) is 0 Å². The predicted octanol–water partition coefficient (Wildman–Crippen LogP) is 3.03. The molecule has 4 nitrogen and oxygen atoms in total. The van der Waals surface area contributed by atoms with Crippen LogP contribution in [-0.4, -0.2) is 29.5 Å². The van der Waals surface area contributed by atoms with Gasteiger partial charge in [0.25, 0.3) is 0 Å². The summed E-state index contributed by atoms with van der Waals surface area (Å²) in [6.07, 6.45) is 4.30. The van der Waals surface area contributed by atoms with Crippen LogP contribution in [0.4, 0.5) is 0 Å². The maximum absolute atomic E-state index is 5.54. The van der Waals surface area contributed by atoms with Crippen LogP contribution in [0.15, 0.2) is 0 Å². The van der Waals surface area contributed by atoms with E-state index < -0.39 is 0 Å². The van der Waals surface area contributed by atoms with Crippen molar-refractivity contribution in [1.29, 1.82) is 0 Å². The number of aromatic nitrogens is 2. The molecule has 1 saturated heterocycles. The van der Waals surface area contributed by atoms with Crippen LogP contribution < -0.4 is 5.32 Å². The van der Waals surface area contributed by atoms with Gasteiger partial charge in [-0.05, 0) is 39.2 Å². The molecule has 2 rings (SSSR count). The minimum Gasteiger partial charge on any atom is -0.379 e. The molecule has 4 heteroatoms. The normalized spacial score (nSPS) is 20.5. The molecule has 1 aromatic heterocycles. The van der Waals surface area contributed by atoms with Crippen LogP contribution in [0.3, 0.4) is 0 Å². The Morgan fingerprint density at radius 3 is 2.70 bits per heavy atom. The summed E-state index contributed by atoms with van der Waals surface area (Å²) < 4.78 is 7.80. The van der Waals surface area contributed by atoms with E-state index in [2.05, 4.69) is 37.7 Å². The zero-order valence-electron chi connectivity index (χ0n) is 13.4. The highest BCUT2D eigenvalue weighted by molar-refractivity contribution is 5.30. The first kappa shape index (κ1) is 15.5. The summed E-state index contributed by atoms with van der Waals surface area (Å²) in [5.41, 5.74) is 4.08. The second kappa shape index (κ2) is 7.23. The largest absolute Gasteiger partial charge is 0.379 e. The smallest absolute Gasteiger partial charge is 0.0777 e. The summed E-state index contributed by atoms with van der Waals surface area (Å²) in [5.74, 6) is 0. The molecule has 2 heterocycles. The van der Waals surface area contributed by atoms with Crippen molar-refractivity contribution < 1.29 is 4.74 Å². The summed E-state index contributed by atoms with van der Waals surface area (Å²) in [4.78, 5) is 0. The summed E-state index contributed by atoms with van der Waals surface area (Å²) in [5, 5.41) is 8.52. The molecule has 0 saturated carbocycles. The first-order chi connectivity index (χ1) is 9.72. The fourth-order valence-corrected chi connectivity index (χ4v) is 3.13. The fraction of sp³-hybridized carbons (Fsp3) is 0.812. The molecule has 2 unspecified atom stereocenters. The van der Waals surface area contributed by atoms with E-state index in [1.54, 1.807) is 0 Å². The van der Waals surface area contributed by atoms with Crippen molar-refractivity contribution in [2.24, 2.45) is 0 Å². The molecule has 20 heavy (non-hydrogen) atoms. The molecule has 0 amide bonds. The second-order valence-corrected chi connectivity index (χ2v) is 5.65. The molecule has 1 aliphatic rings. The van der Waals surface area contributed by atoms with Gasteiger partial charge in [0.15, 0.2) is 0 Å². The highest BCUT2D eigenvalue weighted by atomic mass is 16.5. The van der Waals surface area contributed by atoms with Gasteiger partial charge in [-0.15, -0.1) is 0 Å². The monoisotopic (exact) mass is 279 g/mol. The van der Waals surface area contributed by atoms with Gasteiger partial charge < -0.3 is 10.1 Å². The molecule has 1 aliphatic heterocycles. The van der Waals surface area contributed by atoms with Crippen LogP contribution in [0.5, 0.6) is 0 Å². The highest BCUT2D eigenvalue weighted by Gasteiger charge is 2.26. The van der Waals surface area contributed by atoms with Crippen molar-refractivity contribution in [1.82, 2.24) is 15.1 Å². The minimum absolute atomic E-state index is 0.385. The summed E-state index contributed by atoms with van der Waals surface area (Å²) in [7, 11) is 0. The molecular formula is C16H29N3O. The SMILES string of the molecule is CCCNC(C)c1c(CC)nn(C2CCOC2)c1CC. The number of hydrogen-bond acceptors (Lipinski definition) is 3. The maximum atomic E-state index is 5.54. The molecule has 2 atom stereocenters. The Balaban J connectivity index is 2.32. The Hall–Kier alpha value is -0.870. The lowest BCUT2D eigenvalue weighted by Crippen LogP contribution is -2.21. The summed E-state index contributed by atoms with van der Waals surface area (Å²) >= 11 is 0. The zero-order valence-corrected chi connectivity index (χ0v) is 13.4. The van der Waals surface area contributed by atoms with Gasteiger partial charge in [-0.1, -0.05) is 20.8 Å². The van der Waals surface area contributed by atoms with E-state index in [0.29, 0.717) is 12.1 Å². The van der Waals surface area contributed by atoms with Crippen LogP contribution >= 0.6 is 0 Å². The Morgan fingerprint density at radius 1 is 1.35 bits per heavy atom. The van der Waals surface area contributed by atoms with Crippen molar-refractivity contribution in [2.45, 2.75) is 65.5 Å². The number of nitrogens with one attached hydrogen (secondary N) is 1. The average Bonchev–Trinajstić information content (AvgIpc) is 3.10. The van der Waals surface area contributed by atoms with E-state index in [9.17, 15) is 0 Å². The molecule has 1 N–H and O–H groups in total. The van der Waals surface area contributed by atoms with E-state index in [4.69, 9.17) is 9.84 Å². The van der Waals surface area contributed by atoms with Crippen molar-refractivity contribution in [3.8, 4) is 0 Å². The van der Waals surface area contributed by atoms with E-state index in [-0.39, 0.29) is 0 Å². The van der Waals surface area contributed by atoms with Crippen LogP contribution in [0.25, 0.3) is 0 Å². The Kier molecular flexibility index (Phi) is 5.61. The predicted molar refractivity (Wildman–Crippen MR) is 82.2 cm³/mol. The van der Waals surface area contributed by atoms with Crippen molar-refractivity contribution in [3.05, 3.63) is 17.0 Å². The Labute approximate surface area is 122 Å². The van der Waals surface area contributed by atoms with Gasteiger partial charge in [-0.25, -0.2) is 0 Å². The molecule has 0 aliphatic carbocycles. The quantitative estimate of drug-likeness (QED) is 0.834. The van der Waals surface area contributed by atoms with Crippen LogP contribution in [0.1, 0.15) is 69.6 Å². The molecule has 0 spiro atoms. The van der Waals surface area contributed by atoms with Gasteiger partial charge in [0, 0.05) is 23.9 Å². The van der Waals surface area contributed by atoms with Crippen LogP contribution in [-0.2, 0) is 17.6 Å². The number of aryl methyl sites for hydroxylation is 1. The Bertz CT molecular complexity index is 422. The average molecular weight is 279 g/mol. The topological polar surface area (TPSA) is 39.1 Å². The Morgan fingerprint density at radius 2 is 2.15 bits per heavy atom. The summed E-state index contributed by atoms with van der Waals surface area (Å²) in [6.45, 7) is 11.7. The highest BCUT2D eigenvalue weighted by Crippen LogP contribution is 2.29. The van der Waals surface area contributed by atoms with Crippen LogP contribution in [0.2, 0.25) is 0 Å². The number of nitrogens with zero attached hydrogens (tertiary/aromatic N) is 2. The van der Waals surface area contributed by atoms with E-state index >= 15 is 0 Å². The van der Waals surface area contributed by atoms with Gasteiger partial charge in [-0.2, -0.15) is 5.10 Å². The molecule has 114 valence electrons. The van der Waals surface area contributed by atoms with Crippen molar-refractivity contribution in [2.75, 3.05) is 19.8 Å². The standard InChI is InChI=1S/C16H29N3O/c1-5-9-17-12(4)16-14(6-2)18-19(15(16)7-3)13-8-10-20-11-13/h12-13,17H,5-11H2,1-4H3. The first-order valence-corrected chi connectivity index (χ1v) is 8.14. The van der Waals surface area contributed by atoms with Gasteiger partial charge in [-0.3, -0.25) is 4.68 Å². The number of hydrogen-bond donors (Lipinski definition) is 1. The van der Waals surface area contributed by atoms with Crippen LogP contribution in [0, 0.1) is 0 Å². The molecule has 1 fully saturated rings. The third kappa shape index (κ3) is 3.07.